The fourth-order valence-electron chi connectivity index (χ4n) is 3.91. The second-order valence-corrected chi connectivity index (χ2v) is 7.12. The van der Waals surface area contributed by atoms with Crippen molar-refractivity contribution in [2.24, 2.45) is 0 Å². The van der Waals surface area contributed by atoms with E-state index in [-0.39, 0.29) is 5.97 Å². The van der Waals surface area contributed by atoms with E-state index in [1.165, 1.54) is 7.11 Å². The van der Waals surface area contributed by atoms with Crippen molar-refractivity contribution in [3.05, 3.63) is 41.5 Å². The van der Waals surface area contributed by atoms with Crippen molar-refractivity contribution in [1.29, 1.82) is 5.26 Å². The maximum atomic E-state index is 11.6. The molecule has 0 saturated carbocycles. The molecule has 0 N–H and O–H groups in total. The summed E-state index contributed by atoms with van der Waals surface area (Å²) in [5.41, 5.74) is 4.13. The summed E-state index contributed by atoms with van der Waals surface area (Å²) < 4.78 is 6.90. The van der Waals surface area contributed by atoms with Crippen molar-refractivity contribution in [1.82, 2.24) is 14.3 Å². The van der Waals surface area contributed by atoms with Gasteiger partial charge in [-0.05, 0) is 37.1 Å². The molecule has 3 heterocycles. The van der Waals surface area contributed by atoms with Crippen LogP contribution in [0.3, 0.4) is 0 Å². The Balaban J connectivity index is 1.76. The molecule has 0 aliphatic carbocycles. The molecule has 1 aliphatic rings. The number of carbonyl (C=O) groups is 1. The van der Waals surface area contributed by atoms with Crippen LogP contribution in [0.4, 0.5) is 5.82 Å². The molecule has 4 rings (SSSR count). The van der Waals surface area contributed by atoms with Crippen molar-refractivity contribution < 1.29 is 9.53 Å². The van der Waals surface area contributed by atoms with Crippen molar-refractivity contribution >= 4 is 28.5 Å². The van der Waals surface area contributed by atoms with Crippen LogP contribution in [-0.2, 0) is 9.53 Å². The normalized spacial score (nSPS) is 15.5. The summed E-state index contributed by atoms with van der Waals surface area (Å²) in [6.45, 7) is 5.59. The number of para-hydroxylation sites is 2. The number of esters is 1. The Bertz CT molecular complexity index is 1080. The SMILES string of the molecule is COC(=O)CN1CCCN(c2cc(C)c(C#N)c3nc4ccccc4n23)CC1. The van der Waals surface area contributed by atoms with Gasteiger partial charge in [0, 0.05) is 26.2 Å². The predicted octanol–water partition coefficient (Wildman–Crippen LogP) is 2.35. The summed E-state index contributed by atoms with van der Waals surface area (Å²) in [6, 6.07) is 12.4. The first-order valence-electron chi connectivity index (χ1n) is 9.47. The summed E-state index contributed by atoms with van der Waals surface area (Å²) in [7, 11) is 1.42. The number of rotatable bonds is 3. The monoisotopic (exact) mass is 377 g/mol. The molecule has 0 bridgehead atoms. The Labute approximate surface area is 163 Å². The zero-order chi connectivity index (χ0) is 19.7. The quantitative estimate of drug-likeness (QED) is 0.653. The maximum Gasteiger partial charge on any atom is 0.319 e. The zero-order valence-electron chi connectivity index (χ0n) is 16.2. The Morgan fingerprint density at radius 3 is 2.86 bits per heavy atom. The molecule has 1 saturated heterocycles. The number of nitriles is 1. The number of pyridine rings is 1. The number of hydrogen-bond donors (Lipinski definition) is 0. The Morgan fingerprint density at radius 1 is 1.25 bits per heavy atom. The Kier molecular flexibility index (Phi) is 4.88. The molecule has 7 nitrogen and oxygen atoms in total. The second-order valence-electron chi connectivity index (χ2n) is 7.12. The fraction of sp³-hybridized carbons (Fsp3) is 0.381. The molecule has 1 aromatic carbocycles. The molecule has 0 spiro atoms. The number of anilines is 1. The predicted molar refractivity (Wildman–Crippen MR) is 107 cm³/mol. The number of ether oxygens (including phenoxy) is 1. The van der Waals surface area contributed by atoms with Crippen molar-refractivity contribution in [3.63, 3.8) is 0 Å². The summed E-state index contributed by atoms with van der Waals surface area (Å²) in [5, 5.41) is 9.66. The fourth-order valence-corrected chi connectivity index (χ4v) is 3.91. The van der Waals surface area contributed by atoms with Crippen molar-refractivity contribution in [2.45, 2.75) is 13.3 Å². The van der Waals surface area contributed by atoms with Gasteiger partial charge in [0.1, 0.15) is 11.9 Å². The van der Waals surface area contributed by atoms with Crippen LogP contribution in [0.5, 0.6) is 0 Å². The number of hydrogen-bond acceptors (Lipinski definition) is 6. The third-order valence-corrected chi connectivity index (χ3v) is 5.36. The molecular formula is C21H23N5O2. The molecule has 28 heavy (non-hydrogen) atoms. The molecule has 0 atom stereocenters. The first kappa shape index (κ1) is 18.3. The molecular weight excluding hydrogens is 354 g/mol. The highest BCUT2D eigenvalue weighted by molar-refractivity contribution is 5.85. The Morgan fingerprint density at radius 2 is 2.07 bits per heavy atom. The van der Waals surface area contributed by atoms with E-state index < -0.39 is 0 Å². The van der Waals surface area contributed by atoms with Gasteiger partial charge < -0.3 is 9.64 Å². The first-order chi connectivity index (χ1) is 13.6. The van der Waals surface area contributed by atoms with Crippen LogP contribution in [0.15, 0.2) is 30.3 Å². The summed E-state index contributed by atoms with van der Waals surface area (Å²) in [5.74, 6) is 0.839. The maximum absolute atomic E-state index is 11.6. The number of carbonyl (C=O) groups excluding carboxylic acids is 1. The number of imidazole rings is 1. The molecule has 1 fully saturated rings. The van der Waals surface area contributed by atoms with Crippen molar-refractivity contribution in [2.75, 3.05) is 44.7 Å². The van der Waals surface area contributed by atoms with E-state index in [4.69, 9.17) is 9.72 Å². The van der Waals surface area contributed by atoms with Gasteiger partial charge in [0.25, 0.3) is 0 Å². The summed E-state index contributed by atoms with van der Waals surface area (Å²) >= 11 is 0. The van der Waals surface area contributed by atoms with E-state index in [0.29, 0.717) is 17.8 Å². The highest BCUT2D eigenvalue weighted by Gasteiger charge is 2.22. The third-order valence-electron chi connectivity index (χ3n) is 5.36. The zero-order valence-corrected chi connectivity index (χ0v) is 16.2. The molecule has 3 aromatic rings. The minimum Gasteiger partial charge on any atom is -0.468 e. The molecule has 144 valence electrons. The minimum atomic E-state index is -0.203. The minimum absolute atomic E-state index is 0.203. The lowest BCUT2D eigenvalue weighted by Gasteiger charge is -2.25. The third kappa shape index (κ3) is 3.16. The standard InChI is InChI=1S/C21H23N5O2/c1-15-12-19(25-9-5-8-24(10-11-25)14-20(27)28-2)26-18-7-4-3-6-17(18)23-21(26)16(15)13-22/h3-4,6-7,12H,5,8-11,14H2,1-2H3. The number of fused-ring (bicyclic) bond motifs is 3. The van der Waals surface area contributed by atoms with Gasteiger partial charge in [-0.25, -0.2) is 4.98 Å². The van der Waals surface area contributed by atoms with Gasteiger partial charge in [0.2, 0.25) is 0 Å². The van der Waals surface area contributed by atoms with E-state index in [1.807, 2.05) is 31.2 Å². The van der Waals surface area contributed by atoms with Gasteiger partial charge in [0.05, 0.1) is 30.3 Å². The van der Waals surface area contributed by atoms with Gasteiger partial charge in [-0.2, -0.15) is 5.26 Å². The number of aromatic nitrogens is 2. The lowest BCUT2D eigenvalue weighted by atomic mass is 10.1. The van der Waals surface area contributed by atoms with Crippen LogP contribution >= 0.6 is 0 Å². The highest BCUT2D eigenvalue weighted by Crippen LogP contribution is 2.29. The van der Waals surface area contributed by atoms with E-state index in [9.17, 15) is 10.1 Å². The van der Waals surface area contributed by atoms with Gasteiger partial charge in [-0.15, -0.1) is 0 Å². The van der Waals surface area contributed by atoms with Gasteiger partial charge in [-0.1, -0.05) is 12.1 Å². The first-order valence-corrected chi connectivity index (χ1v) is 9.47. The second kappa shape index (κ2) is 7.49. The molecule has 0 radical (unpaired) electrons. The molecule has 0 unspecified atom stereocenters. The Hall–Kier alpha value is -3.11. The van der Waals surface area contributed by atoms with Crippen molar-refractivity contribution in [3.8, 4) is 6.07 Å². The van der Waals surface area contributed by atoms with Crippen LogP contribution in [0.2, 0.25) is 0 Å². The number of benzene rings is 1. The van der Waals surface area contributed by atoms with Gasteiger partial charge in [-0.3, -0.25) is 14.1 Å². The smallest absolute Gasteiger partial charge is 0.319 e. The van der Waals surface area contributed by atoms with E-state index in [0.717, 1.165) is 55.0 Å². The lowest BCUT2D eigenvalue weighted by molar-refractivity contribution is -0.141. The number of aryl methyl sites for hydroxylation is 1. The van der Waals surface area contributed by atoms with E-state index in [2.05, 4.69) is 26.3 Å². The molecule has 2 aromatic heterocycles. The van der Waals surface area contributed by atoms with E-state index >= 15 is 0 Å². The van der Waals surface area contributed by atoms with Crippen LogP contribution in [-0.4, -0.2) is 60.1 Å². The molecule has 7 heteroatoms. The number of nitrogens with zero attached hydrogens (tertiary/aromatic N) is 5. The van der Waals surface area contributed by atoms with Crippen LogP contribution in [0.1, 0.15) is 17.5 Å². The summed E-state index contributed by atoms with van der Waals surface area (Å²) in [4.78, 5) is 20.8. The summed E-state index contributed by atoms with van der Waals surface area (Å²) in [6.07, 6.45) is 0.949. The topological polar surface area (TPSA) is 73.9 Å². The van der Waals surface area contributed by atoms with Crippen LogP contribution < -0.4 is 4.90 Å². The molecule has 0 amide bonds. The lowest BCUT2D eigenvalue weighted by Crippen LogP contribution is -2.35. The number of methoxy groups -OCH3 is 1. The average molecular weight is 377 g/mol. The average Bonchev–Trinajstić information content (AvgIpc) is 2.93. The van der Waals surface area contributed by atoms with Crippen LogP contribution in [0.25, 0.3) is 16.7 Å². The highest BCUT2D eigenvalue weighted by atomic mass is 16.5. The van der Waals surface area contributed by atoms with Crippen LogP contribution in [0, 0.1) is 18.3 Å². The largest absolute Gasteiger partial charge is 0.468 e. The van der Waals surface area contributed by atoms with Gasteiger partial charge in [0.15, 0.2) is 5.65 Å². The van der Waals surface area contributed by atoms with Gasteiger partial charge >= 0.3 is 5.97 Å². The van der Waals surface area contributed by atoms with E-state index in [1.54, 1.807) is 0 Å². The molecule has 1 aliphatic heterocycles.